The van der Waals surface area contributed by atoms with Gasteiger partial charge in [0.25, 0.3) is 0 Å². The Bertz CT molecular complexity index is 746. The first kappa shape index (κ1) is 12.4. The minimum atomic E-state index is 0.271. The Morgan fingerprint density at radius 3 is 2.79 bits per heavy atom. The topological polar surface area (TPSA) is 69.1 Å². The Labute approximate surface area is 119 Å². The monoisotopic (exact) mass is 293 g/mol. The van der Waals surface area contributed by atoms with Gasteiger partial charge >= 0.3 is 0 Å². The van der Waals surface area contributed by atoms with E-state index in [-0.39, 0.29) is 5.92 Å². The predicted octanol–water partition coefficient (Wildman–Crippen LogP) is 3.21. The van der Waals surface area contributed by atoms with E-state index in [1.165, 1.54) is 11.3 Å². The molecule has 19 heavy (non-hydrogen) atoms. The Kier molecular flexibility index (Phi) is 2.91. The molecule has 1 aromatic carbocycles. The van der Waals surface area contributed by atoms with Crippen LogP contribution in [0.2, 0.25) is 5.02 Å². The maximum Gasteiger partial charge on any atom is 0.234 e. The number of aromatic nitrogens is 4. The molecule has 0 atom stereocenters. The lowest BCUT2D eigenvalue weighted by Crippen LogP contribution is -1.98. The molecule has 2 heterocycles. The molecule has 2 N–H and O–H groups in total. The standard InChI is InChI=1S/C12H12ClN5S/c1-6(2)10-15-16-12-18(10)17-11(19-12)8-4-3-7(13)5-9(8)14/h3-6H,14H2,1-2H3. The number of anilines is 1. The first-order chi connectivity index (χ1) is 9.06. The molecule has 0 fully saturated rings. The summed E-state index contributed by atoms with van der Waals surface area (Å²) >= 11 is 7.37. The molecule has 5 nitrogen and oxygen atoms in total. The zero-order chi connectivity index (χ0) is 13.6. The minimum Gasteiger partial charge on any atom is -0.398 e. The fraction of sp³-hybridized carbons (Fsp3) is 0.250. The van der Waals surface area contributed by atoms with Crippen molar-refractivity contribution in [3.63, 3.8) is 0 Å². The molecule has 0 bridgehead atoms. The highest BCUT2D eigenvalue weighted by atomic mass is 35.5. The van der Waals surface area contributed by atoms with Gasteiger partial charge in [0.05, 0.1) is 0 Å². The second-order valence-electron chi connectivity index (χ2n) is 4.55. The summed E-state index contributed by atoms with van der Waals surface area (Å²) in [5.74, 6) is 1.12. The fourth-order valence-electron chi connectivity index (χ4n) is 1.83. The van der Waals surface area contributed by atoms with Crippen molar-refractivity contribution in [1.82, 2.24) is 19.8 Å². The molecule has 0 saturated carbocycles. The number of nitrogen functional groups attached to an aromatic ring is 1. The molecule has 0 aliphatic heterocycles. The van der Waals surface area contributed by atoms with Crippen molar-refractivity contribution in [2.24, 2.45) is 0 Å². The van der Waals surface area contributed by atoms with Crippen LogP contribution < -0.4 is 5.73 Å². The van der Waals surface area contributed by atoms with Crippen molar-refractivity contribution < 1.29 is 0 Å². The molecule has 98 valence electrons. The lowest BCUT2D eigenvalue weighted by Gasteiger charge is -2.02. The van der Waals surface area contributed by atoms with E-state index >= 15 is 0 Å². The van der Waals surface area contributed by atoms with Gasteiger partial charge in [0.1, 0.15) is 5.01 Å². The third-order valence-electron chi connectivity index (χ3n) is 2.78. The SMILES string of the molecule is CC(C)c1nnc2sc(-c3ccc(Cl)cc3N)nn12. The Balaban J connectivity index is 2.15. The van der Waals surface area contributed by atoms with E-state index in [0.717, 1.165) is 21.4 Å². The van der Waals surface area contributed by atoms with Gasteiger partial charge in [0, 0.05) is 22.2 Å². The van der Waals surface area contributed by atoms with Crippen LogP contribution in [-0.2, 0) is 0 Å². The first-order valence-electron chi connectivity index (χ1n) is 5.84. The Hall–Kier alpha value is -1.66. The number of hydrogen-bond acceptors (Lipinski definition) is 5. The first-order valence-corrected chi connectivity index (χ1v) is 7.03. The molecule has 0 amide bonds. The van der Waals surface area contributed by atoms with Crippen molar-refractivity contribution >= 4 is 33.6 Å². The second-order valence-corrected chi connectivity index (χ2v) is 5.94. The summed E-state index contributed by atoms with van der Waals surface area (Å²) in [7, 11) is 0. The van der Waals surface area contributed by atoms with E-state index in [1.807, 2.05) is 6.07 Å². The minimum absolute atomic E-state index is 0.271. The molecule has 0 saturated heterocycles. The largest absolute Gasteiger partial charge is 0.398 e. The molecule has 3 aromatic rings. The lowest BCUT2D eigenvalue weighted by molar-refractivity contribution is 0.727. The summed E-state index contributed by atoms with van der Waals surface area (Å²) in [4.78, 5) is 0.771. The summed E-state index contributed by atoms with van der Waals surface area (Å²) in [6, 6.07) is 5.40. The maximum absolute atomic E-state index is 5.98. The van der Waals surface area contributed by atoms with Crippen LogP contribution in [0.4, 0.5) is 5.69 Å². The number of rotatable bonds is 2. The molecular formula is C12H12ClN5S. The zero-order valence-corrected chi connectivity index (χ0v) is 12.0. The maximum atomic E-state index is 5.98. The van der Waals surface area contributed by atoms with Crippen LogP contribution in [0.1, 0.15) is 25.6 Å². The number of nitrogens with two attached hydrogens (primary N) is 1. The van der Waals surface area contributed by atoms with Crippen LogP contribution in [0.25, 0.3) is 15.5 Å². The fourth-order valence-corrected chi connectivity index (χ4v) is 2.90. The molecular weight excluding hydrogens is 282 g/mol. The van der Waals surface area contributed by atoms with Crippen LogP contribution in [0, 0.1) is 0 Å². The second kappa shape index (κ2) is 4.47. The summed E-state index contributed by atoms with van der Waals surface area (Å²) in [6.07, 6.45) is 0. The van der Waals surface area contributed by atoms with E-state index in [4.69, 9.17) is 17.3 Å². The number of nitrogens with zero attached hydrogens (tertiary/aromatic N) is 4. The average Bonchev–Trinajstić information content (AvgIpc) is 2.87. The van der Waals surface area contributed by atoms with Crippen LogP contribution in [0.15, 0.2) is 18.2 Å². The third kappa shape index (κ3) is 2.06. The number of fused-ring (bicyclic) bond motifs is 1. The Morgan fingerprint density at radius 2 is 2.11 bits per heavy atom. The molecule has 0 aliphatic carbocycles. The van der Waals surface area contributed by atoms with E-state index in [9.17, 15) is 0 Å². The summed E-state index contributed by atoms with van der Waals surface area (Å²) in [5.41, 5.74) is 7.46. The highest BCUT2D eigenvalue weighted by Gasteiger charge is 2.16. The van der Waals surface area contributed by atoms with Gasteiger partial charge < -0.3 is 5.73 Å². The zero-order valence-electron chi connectivity index (χ0n) is 10.5. The van der Waals surface area contributed by atoms with Gasteiger partial charge in [-0.3, -0.25) is 0 Å². The molecule has 0 aliphatic rings. The third-order valence-corrected chi connectivity index (χ3v) is 3.94. The van der Waals surface area contributed by atoms with Crippen LogP contribution in [0.3, 0.4) is 0 Å². The van der Waals surface area contributed by atoms with Gasteiger partial charge in [-0.2, -0.15) is 9.61 Å². The summed E-state index contributed by atoms with van der Waals surface area (Å²) < 4.78 is 1.78. The van der Waals surface area contributed by atoms with E-state index in [1.54, 1.807) is 16.6 Å². The van der Waals surface area contributed by atoms with Crippen molar-refractivity contribution in [3.05, 3.63) is 29.0 Å². The Morgan fingerprint density at radius 1 is 1.32 bits per heavy atom. The van der Waals surface area contributed by atoms with Crippen molar-refractivity contribution in [1.29, 1.82) is 0 Å². The number of hydrogen-bond donors (Lipinski definition) is 1. The van der Waals surface area contributed by atoms with Crippen LogP contribution in [-0.4, -0.2) is 19.8 Å². The van der Waals surface area contributed by atoms with E-state index in [0.29, 0.717) is 10.7 Å². The molecule has 0 radical (unpaired) electrons. The smallest absolute Gasteiger partial charge is 0.234 e. The van der Waals surface area contributed by atoms with E-state index < -0.39 is 0 Å². The van der Waals surface area contributed by atoms with E-state index in [2.05, 4.69) is 29.1 Å². The highest BCUT2D eigenvalue weighted by Crippen LogP contribution is 2.32. The number of halogens is 1. The van der Waals surface area contributed by atoms with Crippen molar-refractivity contribution in [3.8, 4) is 10.6 Å². The highest BCUT2D eigenvalue weighted by molar-refractivity contribution is 7.19. The van der Waals surface area contributed by atoms with Gasteiger partial charge in [0.2, 0.25) is 4.96 Å². The summed E-state index contributed by atoms with van der Waals surface area (Å²) in [6.45, 7) is 4.12. The predicted molar refractivity (Wildman–Crippen MR) is 77.6 cm³/mol. The molecule has 3 rings (SSSR count). The summed E-state index contributed by atoms with van der Waals surface area (Å²) in [5, 5.41) is 14.2. The van der Waals surface area contributed by atoms with Gasteiger partial charge in [-0.05, 0) is 18.2 Å². The van der Waals surface area contributed by atoms with Gasteiger partial charge in [-0.25, -0.2) is 0 Å². The quantitative estimate of drug-likeness (QED) is 0.737. The van der Waals surface area contributed by atoms with Gasteiger partial charge in [-0.15, -0.1) is 10.2 Å². The van der Waals surface area contributed by atoms with Crippen LogP contribution >= 0.6 is 22.9 Å². The normalized spacial score (nSPS) is 11.6. The number of benzene rings is 1. The average molecular weight is 294 g/mol. The van der Waals surface area contributed by atoms with Gasteiger partial charge in [0.15, 0.2) is 5.82 Å². The molecule has 0 unspecified atom stereocenters. The lowest BCUT2D eigenvalue weighted by atomic mass is 10.2. The van der Waals surface area contributed by atoms with Crippen LogP contribution in [0.5, 0.6) is 0 Å². The molecule has 7 heteroatoms. The van der Waals surface area contributed by atoms with Gasteiger partial charge in [-0.1, -0.05) is 36.8 Å². The molecule has 0 spiro atoms. The van der Waals surface area contributed by atoms with Crippen molar-refractivity contribution in [2.75, 3.05) is 5.73 Å². The molecule has 2 aromatic heterocycles. The van der Waals surface area contributed by atoms with Crippen molar-refractivity contribution in [2.45, 2.75) is 19.8 Å².